The summed E-state index contributed by atoms with van der Waals surface area (Å²) in [6.45, 7) is 4.82. The maximum Gasteiger partial charge on any atom is 0.243 e. The van der Waals surface area contributed by atoms with Crippen LogP contribution in [0.25, 0.3) is 16.7 Å². The first-order chi connectivity index (χ1) is 16.9. The Labute approximate surface area is 206 Å². The third-order valence-corrected chi connectivity index (χ3v) is 8.04. The van der Waals surface area contributed by atoms with Crippen molar-refractivity contribution in [1.29, 1.82) is 0 Å². The van der Waals surface area contributed by atoms with Crippen LogP contribution in [0.3, 0.4) is 0 Å². The second kappa shape index (κ2) is 10.8. The number of hydrogen-bond acceptors (Lipinski definition) is 4. The predicted octanol–water partition coefficient (Wildman–Crippen LogP) is 4.31. The van der Waals surface area contributed by atoms with Crippen LogP contribution in [-0.4, -0.2) is 41.3 Å². The minimum absolute atomic E-state index is 0.0866. The molecule has 3 aromatic carbocycles. The Morgan fingerprint density at radius 3 is 2.26 bits per heavy atom. The Hall–Kier alpha value is -3.49. The number of rotatable bonds is 10. The number of hydrogen-bond donors (Lipinski definition) is 1. The number of carbonyl (C=O) groups is 1. The highest BCUT2D eigenvalue weighted by Crippen LogP contribution is 2.22. The summed E-state index contributed by atoms with van der Waals surface area (Å²) < 4.78 is 28.8. The number of sulfonamides is 1. The van der Waals surface area contributed by atoms with E-state index in [1.165, 1.54) is 4.31 Å². The number of nitrogens with zero attached hydrogens (tertiary/aromatic N) is 3. The molecule has 0 spiro atoms. The molecule has 7 nitrogen and oxygen atoms in total. The fourth-order valence-electron chi connectivity index (χ4n) is 4.11. The van der Waals surface area contributed by atoms with Crippen LogP contribution in [0.15, 0.2) is 83.8 Å². The number of aryl methyl sites for hydroxylation is 1. The van der Waals surface area contributed by atoms with E-state index in [0.29, 0.717) is 32.5 Å². The molecule has 0 fully saturated rings. The van der Waals surface area contributed by atoms with E-state index >= 15 is 0 Å². The molecule has 1 aromatic heterocycles. The van der Waals surface area contributed by atoms with Crippen molar-refractivity contribution in [2.24, 2.45) is 0 Å². The molecular weight excluding hydrogens is 460 g/mol. The van der Waals surface area contributed by atoms with E-state index in [0.717, 1.165) is 28.1 Å². The number of aromatic nitrogens is 2. The Balaban J connectivity index is 1.40. The van der Waals surface area contributed by atoms with Gasteiger partial charge in [-0.25, -0.2) is 13.4 Å². The molecule has 182 valence electrons. The van der Waals surface area contributed by atoms with Gasteiger partial charge in [-0.1, -0.05) is 56.3 Å². The molecule has 0 saturated carbocycles. The topological polar surface area (TPSA) is 84.3 Å². The van der Waals surface area contributed by atoms with E-state index in [9.17, 15) is 13.2 Å². The minimum Gasteiger partial charge on any atom is -0.352 e. The Morgan fingerprint density at radius 1 is 0.914 bits per heavy atom. The lowest BCUT2D eigenvalue weighted by atomic mass is 10.2. The molecule has 1 N–H and O–H groups in total. The second-order valence-electron chi connectivity index (χ2n) is 8.20. The van der Waals surface area contributed by atoms with Crippen LogP contribution in [0.2, 0.25) is 0 Å². The zero-order chi connectivity index (χ0) is 24.8. The van der Waals surface area contributed by atoms with Crippen LogP contribution in [0, 0.1) is 0 Å². The molecule has 1 heterocycles. The summed E-state index contributed by atoms with van der Waals surface area (Å²) in [6.07, 6.45) is 0.793. The van der Waals surface area contributed by atoms with Gasteiger partial charge in [-0.05, 0) is 42.0 Å². The Bertz CT molecular complexity index is 1390. The van der Waals surface area contributed by atoms with Gasteiger partial charge in [0.05, 0.1) is 15.9 Å². The van der Waals surface area contributed by atoms with Crippen molar-refractivity contribution in [3.8, 4) is 5.69 Å². The molecule has 0 radical (unpaired) electrons. The van der Waals surface area contributed by atoms with Gasteiger partial charge in [-0.3, -0.25) is 9.36 Å². The fourth-order valence-corrected chi connectivity index (χ4v) is 5.57. The Morgan fingerprint density at radius 2 is 1.57 bits per heavy atom. The highest BCUT2D eigenvalue weighted by atomic mass is 32.2. The van der Waals surface area contributed by atoms with Crippen molar-refractivity contribution in [3.63, 3.8) is 0 Å². The molecule has 0 saturated heterocycles. The van der Waals surface area contributed by atoms with Crippen LogP contribution in [0.5, 0.6) is 0 Å². The predicted molar refractivity (Wildman–Crippen MR) is 138 cm³/mol. The molecule has 0 bridgehead atoms. The average Bonchev–Trinajstić information content (AvgIpc) is 3.26. The summed E-state index contributed by atoms with van der Waals surface area (Å²) in [5.74, 6) is 0.745. The van der Waals surface area contributed by atoms with Crippen molar-refractivity contribution in [2.45, 2.75) is 38.1 Å². The largest absolute Gasteiger partial charge is 0.352 e. The summed E-state index contributed by atoms with van der Waals surface area (Å²) in [5, 5.41) is 2.93. The zero-order valence-electron chi connectivity index (χ0n) is 20.0. The average molecular weight is 491 g/mol. The van der Waals surface area contributed by atoms with Crippen molar-refractivity contribution in [2.75, 3.05) is 13.1 Å². The van der Waals surface area contributed by atoms with E-state index in [2.05, 4.69) is 9.88 Å². The number of fused-ring (bicyclic) bond motifs is 1. The van der Waals surface area contributed by atoms with Gasteiger partial charge in [0.1, 0.15) is 5.82 Å². The van der Waals surface area contributed by atoms with Crippen LogP contribution >= 0.6 is 0 Å². The summed E-state index contributed by atoms with van der Waals surface area (Å²) in [5.41, 5.74) is 3.75. The van der Waals surface area contributed by atoms with E-state index in [1.54, 1.807) is 24.3 Å². The molecule has 35 heavy (non-hydrogen) atoms. The summed E-state index contributed by atoms with van der Waals surface area (Å²) in [4.78, 5) is 17.6. The van der Waals surface area contributed by atoms with E-state index < -0.39 is 10.0 Å². The maximum absolute atomic E-state index is 12.6. The van der Waals surface area contributed by atoms with Gasteiger partial charge in [0.25, 0.3) is 0 Å². The van der Waals surface area contributed by atoms with Crippen molar-refractivity contribution in [3.05, 3.63) is 90.3 Å². The lowest BCUT2D eigenvalue weighted by Gasteiger charge is -2.18. The summed E-state index contributed by atoms with van der Waals surface area (Å²) >= 11 is 0. The van der Waals surface area contributed by atoms with Gasteiger partial charge in [0.2, 0.25) is 15.9 Å². The van der Waals surface area contributed by atoms with E-state index in [1.807, 2.05) is 68.4 Å². The van der Waals surface area contributed by atoms with Gasteiger partial charge >= 0.3 is 0 Å². The van der Waals surface area contributed by atoms with E-state index in [-0.39, 0.29) is 10.8 Å². The van der Waals surface area contributed by atoms with Crippen molar-refractivity contribution >= 4 is 27.0 Å². The zero-order valence-corrected chi connectivity index (χ0v) is 20.8. The van der Waals surface area contributed by atoms with Crippen LogP contribution in [0.4, 0.5) is 0 Å². The molecule has 4 aromatic rings. The van der Waals surface area contributed by atoms with Gasteiger partial charge in [0, 0.05) is 38.2 Å². The summed E-state index contributed by atoms with van der Waals surface area (Å²) in [6, 6.07) is 24.6. The standard InChI is InChI=1S/C27H30N4O3S/c1-3-30(4-2)35(33,34)23-16-14-21(15-17-23)20-28-27(32)19-18-26-29-24-12-8-9-13-25(24)31(26)22-10-6-5-7-11-22/h5-17H,3-4,18-20H2,1-2H3,(H,28,32). The SMILES string of the molecule is CCN(CC)S(=O)(=O)c1ccc(CNC(=O)CCc2nc3ccccc3n2-c2ccccc2)cc1. The van der Waals surface area contributed by atoms with Gasteiger partial charge in [-0.2, -0.15) is 4.31 Å². The summed E-state index contributed by atoms with van der Waals surface area (Å²) in [7, 11) is -3.49. The number of amides is 1. The molecule has 0 aliphatic carbocycles. The first kappa shape index (κ1) is 24.6. The van der Waals surface area contributed by atoms with E-state index in [4.69, 9.17) is 4.98 Å². The first-order valence-electron chi connectivity index (χ1n) is 11.8. The minimum atomic E-state index is -3.49. The van der Waals surface area contributed by atoms with Gasteiger partial charge < -0.3 is 5.32 Å². The molecule has 0 unspecified atom stereocenters. The van der Waals surface area contributed by atoms with Crippen LogP contribution in [0.1, 0.15) is 31.7 Å². The van der Waals surface area contributed by atoms with Gasteiger partial charge in [-0.15, -0.1) is 0 Å². The quantitative estimate of drug-likeness (QED) is 0.359. The molecule has 0 aliphatic rings. The highest BCUT2D eigenvalue weighted by Gasteiger charge is 2.21. The number of benzene rings is 3. The van der Waals surface area contributed by atoms with Crippen LogP contribution in [-0.2, 0) is 27.8 Å². The first-order valence-corrected chi connectivity index (χ1v) is 13.3. The number of nitrogens with one attached hydrogen (secondary N) is 1. The van der Waals surface area contributed by atoms with Crippen molar-refractivity contribution < 1.29 is 13.2 Å². The molecule has 0 atom stereocenters. The third-order valence-electron chi connectivity index (χ3n) is 5.98. The number of imidazole rings is 1. The molecule has 4 rings (SSSR count). The fraction of sp³-hybridized carbons (Fsp3) is 0.259. The second-order valence-corrected chi connectivity index (χ2v) is 10.1. The Kier molecular flexibility index (Phi) is 7.63. The lowest BCUT2D eigenvalue weighted by Crippen LogP contribution is -2.30. The molecule has 8 heteroatoms. The molecule has 0 aliphatic heterocycles. The third kappa shape index (κ3) is 5.44. The monoisotopic (exact) mass is 490 g/mol. The number of carbonyl (C=O) groups excluding carboxylic acids is 1. The highest BCUT2D eigenvalue weighted by molar-refractivity contribution is 7.89. The number of para-hydroxylation sites is 3. The van der Waals surface area contributed by atoms with Crippen LogP contribution < -0.4 is 5.32 Å². The normalized spacial score (nSPS) is 11.7. The lowest BCUT2D eigenvalue weighted by molar-refractivity contribution is -0.121. The van der Waals surface area contributed by atoms with Crippen molar-refractivity contribution in [1.82, 2.24) is 19.2 Å². The van der Waals surface area contributed by atoms with Gasteiger partial charge in [0.15, 0.2) is 0 Å². The maximum atomic E-state index is 12.6. The smallest absolute Gasteiger partial charge is 0.243 e. The molecular formula is C27H30N4O3S. The molecule has 1 amide bonds.